The molecule has 0 aromatic rings. The second-order valence-electron chi connectivity index (χ2n) is 9.37. The molecular weight excluding hydrogens is 767 g/mol. The summed E-state index contributed by atoms with van der Waals surface area (Å²) in [6, 6.07) is 0. The van der Waals surface area contributed by atoms with Crippen LogP contribution in [-0.2, 0) is 24.3 Å². The molecule has 9 nitrogen and oxygen atoms in total. The molecule has 1 unspecified atom stereocenters. The van der Waals surface area contributed by atoms with Gasteiger partial charge in [-0.15, -0.1) is 0 Å². The summed E-state index contributed by atoms with van der Waals surface area (Å²) in [5.74, 6) is -46.6. The van der Waals surface area contributed by atoms with E-state index >= 15 is 0 Å². The number of alkyl halides is 18. The first-order valence-corrected chi connectivity index (χ1v) is 13.2. The molecule has 1 amide bonds. The maximum Gasteiger partial charge on any atom is 1.00 e. The van der Waals surface area contributed by atoms with Gasteiger partial charge in [-0.1, -0.05) is 0 Å². The first-order valence-electron chi connectivity index (χ1n) is 11.6. The van der Waals surface area contributed by atoms with Gasteiger partial charge >= 0.3 is 83.5 Å². The molecule has 0 saturated heterocycles. The fourth-order valence-electron chi connectivity index (χ4n) is 2.79. The Morgan fingerprint density at radius 1 is 0.708 bits per heavy atom. The Labute approximate surface area is 278 Å². The van der Waals surface area contributed by atoms with Crippen molar-refractivity contribution < 1.29 is 146 Å². The summed E-state index contributed by atoms with van der Waals surface area (Å²) in [6.07, 6.45) is -24.1. The van der Waals surface area contributed by atoms with Crippen LogP contribution in [0.3, 0.4) is 0 Å². The van der Waals surface area contributed by atoms with Crippen molar-refractivity contribution in [1.82, 2.24) is 5.32 Å². The predicted octanol–water partition coefficient (Wildman–Crippen LogP) is 2.09. The number of halogens is 18. The smallest absolute Gasteiger partial charge is 0.748 e. The van der Waals surface area contributed by atoms with Gasteiger partial charge in [-0.05, 0) is 6.92 Å². The van der Waals surface area contributed by atoms with Crippen molar-refractivity contribution in [3.05, 3.63) is 0 Å². The molecule has 0 saturated carbocycles. The normalized spacial score (nSPS) is 15.5. The molecule has 1 atom stereocenters. The van der Waals surface area contributed by atoms with Gasteiger partial charge < -0.3 is 29.2 Å². The first kappa shape index (κ1) is 48.9. The van der Waals surface area contributed by atoms with E-state index in [0.29, 0.717) is 0 Å². The largest absolute Gasteiger partial charge is 1.00 e. The fraction of sp³-hybridized carbons (Fsp3) is 0.947. The second-order valence-corrected chi connectivity index (χ2v) is 10.8. The van der Waals surface area contributed by atoms with E-state index in [1.807, 2.05) is 0 Å². The number of aliphatic hydroxyl groups is 1. The van der Waals surface area contributed by atoms with Crippen molar-refractivity contribution in [1.29, 1.82) is 0 Å². The van der Waals surface area contributed by atoms with E-state index in [-0.39, 0.29) is 36.5 Å². The third-order valence-electron chi connectivity index (χ3n) is 5.41. The summed E-state index contributed by atoms with van der Waals surface area (Å²) in [5.41, 5.74) is 0. The van der Waals surface area contributed by atoms with Gasteiger partial charge in [-0.2, -0.15) is 79.0 Å². The Balaban J connectivity index is 0. The van der Waals surface area contributed by atoms with E-state index in [1.165, 1.54) is 5.32 Å². The van der Waals surface area contributed by atoms with Gasteiger partial charge in [0.2, 0.25) is 0 Å². The fourth-order valence-corrected chi connectivity index (χ4v) is 3.38. The quantitative estimate of drug-likeness (QED) is 0.0935. The molecule has 0 aliphatic heterocycles. The molecule has 2 N–H and O–H groups in total. The van der Waals surface area contributed by atoms with Crippen molar-refractivity contribution in [3.63, 3.8) is 0 Å². The monoisotopic (exact) mass is 787 g/mol. The number of ether oxygens (including phenoxy) is 3. The molecule has 0 rings (SSSR count). The number of hydrogen-bond acceptors (Lipinski definition) is 8. The van der Waals surface area contributed by atoms with Gasteiger partial charge in [0, 0.05) is 19.4 Å². The molecule has 0 fully saturated rings. The number of hydrogen-bond donors (Lipinski definition) is 2. The maximum absolute atomic E-state index is 13.8. The van der Waals surface area contributed by atoms with Crippen LogP contribution in [0.25, 0.3) is 0 Å². The van der Waals surface area contributed by atoms with E-state index < -0.39 is 121 Å². The number of alkyl carbamates (subject to hydrolysis) is 1. The number of nitrogens with one attached hydrogen (secondary N) is 1. The molecule has 0 aromatic carbocycles. The number of carbonyl (C=O) groups is 1. The number of amides is 1. The van der Waals surface area contributed by atoms with Crippen LogP contribution >= 0.6 is 0 Å². The Kier molecular flexibility index (Phi) is 16.3. The second kappa shape index (κ2) is 16.0. The van der Waals surface area contributed by atoms with Crippen LogP contribution in [0, 0.1) is 0 Å². The zero-order valence-electron chi connectivity index (χ0n) is 23.5. The van der Waals surface area contributed by atoms with E-state index in [1.54, 1.807) is 0 Å². The Bertz CT molecular complexity index is 1110. The van der Waals surface area contributed by atoms with Crippen LogP contribution < -0.4 is 34.9 Å². The standard InChI is InChI=1S/C19H21F18NO8S.Na/c1-11(8-44-10(40)38-6-9(39)7-47(41,42)43,45-4-2-12(20,21)14(24,25)16(28,29)18(32,33)34)46-5-3-13(22,23)15(26,27)17(30,31)19(35,36)37;/h9,39H,2-8H2,1H3,(H,38,40)(H,41,42,43);/q;+1/p-1. The molecule has 0 aliphatic carbocycles. The summed E-state index contributed by atoms with van der Waals surface area (Å²) < 4.78 is 279. The summed E-state index contributed by atoms with van der Waals surface area (Å²) >= 11 is 0. The van der Waals surface area contributed by atoms with Gasteiger partial charge in [0.25, 0.3) is 0 Å². The van der Waals surface area contributed by atoms with Crippen LogP contribution in [0.2, 0.25) is 0 Å². The molecule has 282 valence electrons. The third kappa shape index (κ3) is 12.0. The van der Waals surface area contributed by atoms with Crippen molar-refractivity contribution >= 4 is 16.2 Å². The molecule has 0 spiro atoms. The molecule has 0 aromatic heterocycles. The first-order chi connectivity index (χ1) is 20.4. The number of aliphatic hydroxyl groups excluding tert-OH is 1. The number of rotatable bonds is 18. The maximum atomic E-state index is 13.8. The SMILES string of the molecule is CC(COC(=O)NCC(O)CS(=O)(=O)[O-])(OCCC(F)(F)C(F)(F)C(F)(F)C(F)(F)F)OCCC(F)(F)C(F)(F)C(F)(F)C(F)(F)F.[Na+]. The van der Waals surface area contributed by atoms with Crippen LogP contribution in [0.5, 0.6) is 0 Å². The molecule has 29 heteroatoms. The minimum Gasteiger partial charge on any atom is -0.748 e. The molecule has 0 radical (unpaired) electrons. The van der Waals surface area contributed by atoms with Gasteiger partial charge in [-0.25, -0.2) is 13.2 Å². The molecule has 0 aliphatic rings. The van der Waals surface area contributed by atoms with Crippen molar-refractivity contribution in [2.24, 2.45) is 0 Å². The predicted molar refractivity (Wildman–Crippen MR) is 111 cm³/mol. The van der Waals surface area contributed by atoms with Crippen molar-refractivity contribution in [3.8, 4) is 0 Å². The average molecular weight is 787 g/mol. The average Bonchev–Trinajstić information content (AvgIpc) is 2.83. The zero-order valence-corrected chi connectivity index (χ0v) is 26.4. The third-order valence-corrected chi connectivity index (χ3v) is 6.20. The zero-order chi connectivity index (χ0) is 37.9. The Morgan fingerprint density at radius 3 is 1.33 bits per heavy atom. The van der Waals surface area contributed by atoms with Crippen LogP contribution in [0.4, 0.5) is 83.8 Å². The van der Waals surface area contributed by atoms with E-state index in [9.17, 15) is 102 Å². The molecular formula is C19H20F18NNaO8S. The van der Waals surface area contributed by atoms with Gasteiger partial charge in [0.05, 0.1) is 35.2 Å². The summed E-state index contributed by atoms with van der Waals surface area (Å²) in [5, 5.41) is 10.8. The van der Waals surface area contributed by atoms with Crippen LogP contribution in [0.15, 0.2) is 0 Å². The molecule has 48 heavy (non-hydrogen) atoms. The molecule has 0 bridgehead atoms. The Hall–Kier alpha value is -1.20. The summed E-state index contributed by atoms with van der Waals surface area (Å²) in [7, 11) is -5.09. The topological polar surface area (TPSA) is 134 Å². The van der Waals surface area contributed by atoms with Gasteiger partial charge in [0.15, 0.2) is 5.79 Å². The summed E-state index contributed by atoms with van der Waals surface area (Å²) in [4.78, 5) is 11.7. The van der Waals surface area contributed by atoms with Crippen molar-refractivity contribution in [2.75, 3.05) is 32.1 Å². The van der Waals surface area contributed by atoms with E-state index in [4.69, 9.17) is 0 Å². The minimum absolute atomic E-state index is 0. The molecule has 0 heterocycles. The van der Waals surface area contributed by atoms with Crippen molar-refractivity contribution in [2.45, 2.75) is 79.5 Å². The summed E-state index contributed by atoms with van der Waals surface area (Å²) in [6.45, 7) is -6.99. The number of carbonyl (C=O) groups excluding carboxylic acids is 1. The van der Waals surface area contributed by atoms with Crippen LogP contribution in [0.1, 0.15) is 19.8 Å². The van der Waals surface area contributed by atoms with Crippen LogP contribution in [-0.4, -0.2) is 116 Å². The van der Waals surface area contributed by atoms with E-state index in [0.717, 1.165) is 0 Å². The minimum atomic E-state index is -7.38. The van der Waals surface area contributed by atoms with Gasteiger partial charge in [0.1, 0.15) is 6.61 Å². The Morgan fingerprint density at radius 2 is 1.04 bits per heavy atom. The van der Waals surface area contributed by atoms with Gasteiger partial charge in [-0.3, -0.25) is 0 Å². The van der Waals surface area contributed by atoms with E-state index in [2.05, 4.69) is 14.2 Å².